The van der Waals surface area contributed by atoms with Crippen molar-refractivity contribution < 1.29 is 13.6 Å². The maximum atomic E-state index is 5.96. The van der Waals surface area contributed by atoms with Crippen molar-refractivity contribution in [2.24, 2.45) is 4.52 Å². The van der Waals surface area contributed by atoms with Gasteiger partial charge in [-0.15, -0.1) is 0 Å². The molecule has 3 rings (SSSR count). The molecule has 1 unspecified atom stereocenters. The summed E-state index contributed by atoms with van der Waals surface area (Å²) < 4.78 is 22.2. The van der Waals surface area contributed by atoms with E-state index in [0.29, 0.717) is 0 Å². The van der Waals surface area contributed by atoms with E-state index in [4.69, 9.17) is 13.6 Å². The second-order valence-electron chi connectivity index (χ2n) is 6.15. The molecule has 0 spiro atoms. The zero-order chi connectivity index (χ0) is 19.1. The molecule has 1 atom stereocenters. The summed E-state index contributed by atoms with van der Waals surface area (Å²) in [6.07, 6.45) is 0. The van der Waals surface area contributed by atoms with Gasteiger partial charge in [0.25, 0.3) is 8.96 Å². The normalized spacial score (nSPS) is 10.6. The zero-order valence-corrected chi connectivity index (χ0v) is 17.4. The standard InChI is InChI=1S/C21H22NO3P2/c1-16-4-10-19(11-5-16)23-26-22-27(24-20-12-6-17(2)7-13-20)25-21-14-8-18(3)9-15-21/h4-15,26H,1-3H3/q+1. The van der Waals surface area contributed by atoms with Gasteiger partial charge in [-0.1, -0.05) is 53.1 Å². The Kier molecular flexibility index (Phi) is 6.81. The van der Waals surface area contributed by atoms with Crippen LogP contribution in [-0.4, -0.2) is 0 Å². The summed E-state index contributed by atoms with van der Waals surface area (Å²) in [4.78, 5) is 0. The fraction of sp³-hybridized carbons (Fsp3) is 0.143. The summed E-state index contributed by atoms with van der Waals surface area (Å²) in [5.41, 5.74) is 3.54. The summed E-state index contributed by atoms with van der Waals surface area (Å²) >= 11 is 0. The van der Waals surface area contributed by atoms with Crippen LogP contribution >= 0.6 is 17.1 Å². The lowest BCUT2D eigenvalue weighted by Crippen LogP contribution is -1.90. The fourth-order valence-electron chi connectivity index (χ4n) is 2.15. The number of hydrogen-bond acceptors (Lipinski definition) is 4. The zero-order valence-electron chi connectivity index (χ0n) is 15.5. The van der Waals surface area contributed by atoms with E-state index in [1.165, 1.54) is 16.7 Å². The first-order valence-corrected chi connectivity index (χ1v) is 10.6. The van der Waals surface area contributed by atoms with Crippen molar-refractivity contribution in [3.8, 4) is 17.2 Å². The Morgan fingerprint density at radius 3 is 1.37 bits per heavy atom. The van der Waals surface area contributed by atoms with Crippen LogP contribution < -0.4 is 13.6 Å². The van der Waals surface area contributed by atoms with Gasteiger partial charge in [0.2, 0.25) is 0 Å². The first-order chi connectivity index (χ1) is 13.1. The maximum Gasteiger partial charge on any atom is 0.674 e. The van der Waals surface area contributed by atoms with Crippen LogP contribution in [0.15, 0.2) is 77.3 Å². The van der Waals surface area contributed by atoms with E-state index in [2.05, 4.69) is 4.52 Å². The van der Waals surface area contributed by atoms with Gasteiger partial charge in [-0.3, -0.25) is 0 Å². The number of hydrogen-bond donors (Lipinski definition) is 0. The van der Waals surface area contributed by atoms with Gasteiger partial charge in [0.05, 0.1) is 0 Å². The molecule has 0 heterocycles. The van der Waals surface area contributed by atoms with E-state index in [0.717, 1.165) is 17.2 Å². The molecule has 0 aliphatic heterocycles. The predicted octanol–water partition coefficient (Wildman–Crippen LogP) is 7.15. The van der Waals surface area contributed by atoms with Crippen molar-refractivity contribution in [1.29, 1.82) is 0 Å². The van der Waals surface area contributed by atoms with Gasteiger partial charge < -0.3 is 4.52 Å². The highest BCUT2D eigenvalue weighted by atomic mass is 31.2. The van der Waals surface area contributed by atoms with Gasteiger partial charge in [0.15, 0.2) is 11.5 Å². The van der Waals surface area contributed by atoms with E-state index in [-0.39, 0.29) is 8.96 Å². The topological polar surface area (TPSA) is 40.0 Å². The second kappa shape index (κ2) is 9.50. The summed E-state index contributed by atoms with van der Waals surface area (Å²) in [7, 11) is -1.63. The van der Waals surface area contributed by atoms with Crippen LogP contribution in [0.2, 0.25) is 0 Å². The Morgan fingerprint density at radius 2 is 0.963 bits per heavy atom. The molecule has 0 saturated carbocycles. The molecule has 6 heteroatoms. The average molecular weight is 398 g/mol. The molecular weight excluding hydrogens is 376 g/mol. The Labute approximate surface area is 163 Å². The Hall–Kier alpha value is -2.41. The first-order valence-electron chi connectivity index (χ1n) is 8.57. The number of benzene rings is 3. The summed E-state index contributed by atoms with van der Waals surface area (Å²) in [5.74, 6) is 2.23. The van der Waals surface area contributed by atoms with E-state index in [1.54, 1.807) is 0 Å². The van der Waals surface area contributed by atoms with Gasteiger partial charge in [-0.05, 0) is 57.2 Å². The van der Waals surface area contributed by atoms with Crippen LogP contribution in [0.5, 0.6) is 17.2 Å². The summed E-state index contributed by atoms with van der Waals surface area (Å²) in [6.45, 7) is 6.12. The quantitative estimate of drug-likeness (QED) is 0.397. The smallest absolute Gasteiger partial charge is 0.450 e. The van der Waals surface area contributed by atoms with Crippen molar-refractivity contribution in [1.82, 2.24) is 0 Å². The number of rotatable bonds is 7. The lowest BCUT2D eigenvalue weighted by molar-refractivity contribution is 0.503. The maximum absolute atomic E-state index is 5.96. The van der Waals surface area contributed by atoms with Gasteiger partial charge >= 0.3 is 8.17 Å². The largest absolute Gasteiger partial charge is 0.674 e. The van der Waals surface area contributed by atoms with E-state index in [9.17, 15) is 0 Å². The minimum atomic E-state index is -1.52. The molecule has 0 N–H and O–H groups in total. The molecule has 0 aromatic heterocycles. The monoisotopic (exact) mass is 398 g/mol. The molecule has 4 nitrogen and oxygen atoms in total. The third kappa shape index (κ3) is 6.36. The lowest BCUT2D eigenvalue weighted by Gasteiger charge is -2.01. The van der Waals surface area contributed by atoms with Crippen LogP contribution in [0.4, 0.5) is 0 Å². The SMILES string of the molecule is Cc1ccc(OPN=[P+](Oc2ccc(C)cc2)Oc2ccc(C)cc2)cc1. The van der Waals surface area contributed by atoms with Gasteiger partial charge in [-0.25, -0.2) is 9.05 Å². The van der Waals surface area contributed by atoms with Crippen LogP contribution in [0.3, 0.4) is 0 Å². The van der Waals surface area contributed by atoms with Crippen LogP contribution in [0.1, 0.15) is 16.7 Å². The molecule has 0 fully saturated rings. The highest BCUT2D eigenvalue weighted by Gasteiger charge is 2.22. The Morgan fingerprint density at radius 1 is 0.593 bits per heavy atom. The van der Waals surface area contributed by atoms with E-state index in [1.807, 2.05) is 93.6 Å². The summed E-state index contributed by atoms with van der Waals surface area (Å²) in [6, 6.07) is 23.6. The van der Waals surface area contributed by atoms with E-state index < -0.39 is 8.17 Å². The van der Waals surface area contributed by atoms with Crippen molar-refractivity contribution in [2.75, 3.05) is 0 Å². The van der Waals surface area contributed by atoms with Gasteiger partial charge in [-0.2, -0.15) is 0 Å². The van der Waals surface area contributed by atoms with Crippen molar-refractivity contribution >= 4 is 17.1 Å². The molecule has 0 aliphatic carbocycles. The minimum Gasteiger partial charge on any atom is -0.450 e. The molecule has 27 heavy (non-hydrogen) atoms. The van der Waals surface area contributed by atoms with Gasteiger partial charge in [0.1, 0.15) is 5.75 Å². The summed E-state index contributed by atoms with van der Waals surface area (Å²) in [5, 5.41) is 0. The number of nitrogens with zero attached hydrogens (tertiary/aromatic N) is 1. The molecule has 0 radical (unpaired) electrons. The Bertz CT molecular complexity index is 843. The van der Waals surface area contributed by atoms with Crippen molar-refractivity contribution in [3.63, 3.8) is 0 Å². The van der Waals surface area contributed by atoms with Crippen molar-refractivity contribution in [2.45, 2.75) is 20.8 Å². The molecule has 0 amide bonds. The molecule has 3 aromatic carbocycles. The fourth-order valence-corrected chi connectivity index (χ4v) is 3.79. The van der Waals surface area contributed by atoms with Gasteiger partial charge in [0, 0.05) is 4.52 Å². The number of aryl methyl sites for hydroxylation is 3. The molecule has 3 aromatic rings. The third-order valence-electron chi connectivity index (χ3n) is 3.72. The molecule has 138 valence electrons. The van der Waals surface area contributed by atoms with Crippen LogP contribution in [0, 0.1) is 20.8 Å². The van der Waals surface area contributed by atoms with Crippen molar-refractivity contribution in [3.05, 3.63) is 89.5 Å². The highest BCUT2D eigenvalue weighted by molar-refractivity contribution is 7.47. The minimum absolute atomic E-state index is 0.111. The van der Waals surface area contributed by atoms with Crippen LogP contribution in [0.25, 0.3) is 0 Å². The van der Waals surface area contributed by atoms with E-state index >= 15 is 0 Å². The third-order valence-corrected chi connectivity index (χ3v) is 5.76. The first kappa shape index (κ1) is 19.4. The molecule has 0 aliphatic rings. The Balaban J connectivity index is 1.71. The second-order valence-corrected chi connectivity index (χ2v) is 8.18. The van der Waals surface area contributed by atoms with Crippen LogP contribution in [-0.2, 0) is 0 Å². The molecule has 0 bridgehead atoms. The highest BCUT2D eigenvalue weighted by Crippen LogP contribution is 2.38. The predicted molar refractivity (Wildman–Crippen MR) is 113 cm³/mol. The lowest BCUT2D eigenvalue weighted by atomic mass is 10.2. The average Bonchev–Trinajstić information content (AvgIpc) is 2.67. The molecule has 0 saturated heterocycles. The molecular formula is C21H22NO3P2+.